The first-order chi connectivity index (χ1) is 14.7. The molecule has 1 aliphatic carbocycles. The van der Waals surface area contributed by atoms with Crippen molar-refractivity contribution in [3.05, 3.63) is 35.9 Å². The van der Waals surface area contributed by atoms with E-state index < -0.39 is 23.8 Å². The standard InChI is InChI=1S/C25H40N2O4/c1-25(2,3)31-24(30)27-21(16-19-13-9-6-10-14-19)22(28)17-20(23(29)26-4)15-18-11-7-5-8-12-18/h5,7-8,11-12,19-22,28H,6,9-10,13-17H2,1-4H3,(H,26,29)(H,27,30)/t20?,21?,22-/m0/s1. The molecule has 1 saturated carbocycles. The molecule has 0 spiro atoms. The molecule has 3 atom stereocenters. The van der Waals surface area contributed by atoms with Crippen LogP contribution in [0.4, 0.5) is 4.79 Å². The Hall–Kier alpha value is -2.08. The molecule has 2 rings (SSSR count). The van der Waals surface area contributed by atoms with E-state index in [1.807, 2.05) is 51.1 Å². The summed E-state index contributed by atoms with van der Waals surface area (Å²) < 4.78 is 5.44. The second kappa shape index (κ2) is 12.1. The minimum absolute atomic E-state index is 0.100. The maximum Gasteiger partial charge on any atom is 0.407 e. The van der Waals surface area contributed by atoms with Gasteiger partial charge in [-0.25, -0.2) is 4.79 Å². The van der Waals surface area contributed by atoms with Crippen LogP contribution in [-0.2, 0) is 16.0 Å². The predicted molar refractivity (Wildman–Crippen MR) is 123 cm³/mol. The van der Waals surface area contributed by atoms with E-state index in [2.05, 4.69) is 10.6 Å². The number of ether oxygens (including phenoxy) is 1. The zero-order valence-corrected chi connectivity index (χ0v) is 19.5. The van der Waals surface area contributed by atoms with Crippen LogP contribution in [-0.4, -0.2) is 41.9 Å². The lowest BCUT2D eigenvalue weighted by Crippen LogP contribution is -2.48. The number of nitrogens with one attached hydrogen (secondary N) is 2. The Kier molecular flexibility index (Phi) is 9.82. The number of carbonyl (C=O) groups is 2. The number of rotatable bonds is 9. The highest BCUT2D eigenvalue weighted by Crippen LogP contribution is 2.29. The lowest BCUT2D eigenvalue weighted by molar-refractivity contribution is -0.125. The predicted octanol–water partition coefficient (Wildman–Crippen LogP) is 4.21. The molecule has 1 aliphatic rings. The molecular weight excluding hydrogens is 392 g/mol. The van der Waals surface area contributed by atoms with Crippen molar-refractivity contribution in [2.45, 2.75) is 89.9 Å². The van der Waals surface area contributed by atoms with Crippen LogP contribution < -0.4 is 10.6 Å². The lowest BCUT2D eigenvalue weighted by Gasteiger charge is -2.32. The molecular formula is C25H40N2O4. The first-order valence-electron chi connectivity index (χ1n) is 11.6. The molecule has 0 bridgehead atoms. The summed E-state index contributed by atoms with van der Waals surface area (Å²) in [5.74, 6) is -0.0100. The van der Waals surface area contributed by atoms with Crippen LogP contribution in [0.1, 0.15) is 71.3 Å². The van der Waals surface area contributed by atoms with Gasteiger partial charge in [0.25, 0.3) is 0 Å². The van der Waals surface area contributed by atoms with Gasteiger partial charge >= 0.3 is 6.09 Å². The monoisotopic (exact) mass is 432 g/mol. The maximum atomic E-state index is 12.5. The van der Waals surface area contributed by atoms with Gasteiger partial charge in [-0.05, 0) is 51.5 Å². The zero-order valence-electron chi connectivity index (χ0n) is 19.5. The second-order valence-corrected chi connectivity index (χ2v) is 9.80. The first-order valence-corrected chi connectivity index (χ1v) is 11.6. The van der Waals surface area contributed by atoms with E-state index >= 15 is 0 Å². The van der Waals surface area contributed by atoms with Gasteiger partial charge in [-0.1, -0.05) is 62.4 Å². The van der Waals surface area contributed by atoms with Crippen LogP contribution >= 0.6 is 0 Å². The molecule has 6 heteroatoms. The molecule has 0 saturated heterocycles. The highest BCUT2D eigenvalue weighted by molar-refractivity contribution is 5.78. The summed E-state index contributed by atoms with van der Waals surface area (Å²) in [4.78, 5) is 25.0. The van der Waals surface area contributed by atoms with Crippen molar-refractivity contribution in [1.82, 2.24) is 10.6 Å². The Bertz CT molecular complexity index is 681. The number of aliphatic hydroxyl groups is 1. The van der Waals surface area contributed by atoms with Crippen LogP contribution in [0.25, 0.3) is 0 Å². The van der Waals surface area contributed by atoms with Crippen LogP contribution in [0, 0.1) is 11.8 Å². The Morgan fingerprint density at radius 2 is 1.77 bits per heavy atom. The summed E-state index contributed by atoms with van der Waals surface area (Å²) in [7, 11) is 1.62. The molecule has 1 aromatic carbocycles. The quantitative estimate of drug-likeness (QED) is 0.546. The van der Waals surface area contributed by atoms with E-state index in [1.165, 1.54) is 19.3 Å². The van der Waals surface area contributed by atoms with Crippen LogP contribution in [0.2, 0.25) is 0 Å². The smallest absolute Gasteiger partial charge is 0.407 e. The molecule has 1 aromatic rings. The molecule has 3 N–H and O–H groups in total. The van der Waals surface area contributed by atoms with E-state index in [4.69, 9.17) is 4.74 Å². The normalized spacial score (nSPS) is 18.0. The molecule has 2 amide bonds. The zero-order chi connectivity index (χ0) is 22.9. The fourth-order valence-electron chi connectivity index (χ4n) is 4.39. The SMILES string of the molecule is CNC(=O)C(Cc1ccccc1)C[C@H](O)C(CC1CCCCC1)NC(=O)OC(C)(C)C. The molecule has 1 fully saturated rings. The van der Waals surface area contributed by atoms with Crippen LogP contribution in [0.5, 0.6) is 0 Å². The molecule has 2 unspecified atom stereocenters. The molecule has 6 nitrogen and oxygen atoms in total. The molecule has 0 radical (unpaired) electrons. The largest absolute Gasteiger partial charge is 0.444 e. The highest BCUT2D eigenvalue weighted by atomic mass is 16.6. The van der Waals surface area contributed by atoms with Crippen molar-refractivity contribution >= 4 is 12.0 Å². The summed E-state index contributed by atoms with van der Waals surface area (Å²) in [5.41, 5.74) is 0.440. The highest BCUT2D eigenvalue weighted by Gasteiger charge is 2.31. The van der Waals surface area contributed by atoms with Gasteiger partial charge in [-0.2, -0.15) is 0 Å². The van der Waals surface area contributed by atoms with E-state index in [1.54, 1.807) is 7.05 Å². The Balaban J connectivity index is 2.10. The van der Waals surface area contributed by atoms with E-state index in [0.717, 1.165) is 18.4 Å². The summed E-state index contributed by atoms with van der Waals surface area (Å²) in [5, 5.41) is 16.8. The van der Waals surface area contributed by atoms with Crippen molar-refractivity contribution in [2.24, 2.45) is 11.8 Å². The molecule has 174 valence electrons. The average molecular weight is 433 g/mol. The minimum atomic E-state index is -0.833. The van der Waals surface area contributed by atoms with Crippen molar-refractivity contribution < 1.29 is 19.4 Å². The third-order valence-electron chi connectivity index (χ3n) is 5.95. The van der Waals surface area contributed by atoms with Crippen molar-refractivity contribution in [2.75, 3.05) is 7.05 Å². The topological polar surface area (TPSA) is 87.7 Å². The lowest BCUT2D eigenvalue weighted by atomic mass is 9.82. The number of amides is 2. The number of aliphatic hydroxyl groups excluding tert-OH is 1. The second-order valence-electron chi connectivity index (χ2n) is 9.80. The molecule has 0 aromatic heterocycles. The van der Waals surface area contributed by atoms with Crippen LogP contribution in [0.15, 0.2) is 30.3 Å². The fourth-order valence-corrected chi connectivity index (χ4v) is 4.39. The van der Waals surface area contributed by atoms with Gasteiger partial charge in [-0.3, -0.25) is 4.79 Å². The number of hydrogen-bond acceptors (Lipinski definition) is 4. The molecule has 0 aliphatic heterocycles. The molecule has 31 heavy (non-hydrogen) atoms. The van der Waals surface area contributed by atoms with Gasteiger partial charge < -0.3 is 20.5 Å². The van der Waals surface area contributed by atoms with E-state index in [9.17, 15) is 14.7 Å². The van der Waals surface area contributed by atoms with Gasteiger partial charge in [0, 0.05) is 13.0 Å². The van der Waals surface area contributed by atoms with Gasteiger partial charge in [0.2, 0.25) is 5.91 Å². The van der Waals surface area contributed by atoms with E-state index in [0.29, 0.717) is 18.8 Å². The maximum absolute atomic E-state index is 12.5. The van der Waals surface area contributed by atoms with Gasteiger partial charge in [0.1, 0.15) is 5.60 Å². The Labute approximate surface area is 187 Å². The van der Waals surface area contributed by atoms with E-state index in [-0.39, 0.29) is 18.2 Å². The van der Waals surface area contributed by atoms with Gasteiger partial charge in [0.15, 0.2) is 0 Å². The summed E-state index contributed by atoms with van der Waals surface area (Å²) in [6.45, 7) is 5.46. The number of alkyl carbamates (subject to hydrolysis) is 1. The summed E-state index contributed by atoms with van der Waals surface area (Å²) >= 11 is 0. The molecule has 0 heterocycles. The summed E-state index contributed by atoms with van der Waals surface area (Å²) in [6.07, 6.45) is 6.02. The third kappa shape index (κ3) is 9.30. The van der Waals surface area contributed by atoms with Gasteiger partial charge in [0.05, 0.1) is 12.1 Å². The fraction of sp³-hybridized carbons (Fsp3) is 0.680. The van der Waals surface area contributed by atoms with Gasteiger partial charge in [-0.15, -0.1) is 0 Å². The Morgan fingerprint density at radius 3 is 2.35 bits per heavy atom. The summed E-state index contributed by atoms with van der Waals surface area (Å²) in [6, 6.07) is 9.37. The van der Waals surface area contributed by atoms with Crippen molar-refractivity contribution in [3.8, 4) is 0 Å². The number of benzene rings is 1. The number of hydrogen-bond donors (Lipinski definition) is 3. The third-order valence-corrected chi connectivity index (χ3v) is 5.95. The average Bonchev–Trinajstić information content (AvgIpc) is 2.72. The minimum Gasteiger partial charge on any atom is -0.444 e. The Morgan fingerprint density at radius 1 is 1.13 bits per heavy atom. The van der Waals surface area contributed by atoms with Crippen molar-refractivity contribution in [3.63, 3.8) is 0 Å². The van der Waals surface area contributed by atoms with Crippen molar-refractivity contribution in [1.29, 1.82) is 0 Å². The number of carbonyl (C=O) groups excluding carboxylic acids is 2. The van der Waals surface area contributed by atoms with Crippen LogP contribution in [0.3, 0.4) is 0 Å². The first kappa shape index (κ1) is 25.2.